The third-order valence-corrected chi connectivity index (χ3v) is 2.38. The lowest BCUT2D eigenvalue weighted by Crippen LogP contribution is -2.10. The average Bonchev–Trinajstić information content (AvgIpc) is 2.91. The van der Waals surface area contributed by atoms with Crippen LogP contribution in [0.3, 0.4) is 0 Å². The molecule has 0 atom stereocenters. The van der Waals surface area contributed by atoms with Crippen molar-refractivity contribution < 1.29 is 0 Å². The van der Waals surface area contributed by atoms with Gasteiger partial charge in [-0.25, -0.2) is 14.3 Å². The molecule has 0 aliphatic carbocycles. The maximum absolute atomic E-state index is 4.23. The summed E-state index contributed by atoms with van der Waals surface area (Å²) in [7, 11) is 1.89. The van der Waals surface area contributed by atoms with Gasteiger partial charge in [0.2, 0.25) is 0 Å². The number of nitrogens with zero attached hydrogens (tertiary/aromatic N) is 6. The van der Waals surface area contributed by atoms with Crippen molar-refractivity contribution in [2.75, 3.05) is 7.05 Å². The first kappa shape index (κ1) is 11.7. The van der Waals surface area contributed by atoms with Crippen molar-refractivity contribution in [3.63, 3.8) is 0 Å². The molecule has 2 aromatic rings. The number of aromatic nitrogens is 6. The van der Waals surface area contributed by atoms with Crippen molar-refractivity contribution in [3.8, 4) is 0 Å². The van der Waals surface area contributed by atoms with E-state index in [1.165, 1.54) is 0 Å². The Hall–Kier alpha value is -1.76. The predicted octanol–water partition coefficient (Wildman–Crippen LogP) is 0.0473. The van der Waals surface area contributed by atoms with Gasteiger partial charge in [0.05, 0.1) is 11.9 Å². The van der Waals surface area contributed by atoms with E-state index in [-0.39, 0.29) is 0 Å². The summed E-state index contributed by atoms with van der Waals surface area (Å²) in [6.07, 6.45) is 4.54. The Kier molecular flexibility index (Phi) is 3.81. The highest BCUT2D eigenvalue weighted by Gasteiger charge is 2.06. The standard InChI is InChI=1S/C10H17N7/c1-3-4-17-10(12-8-13-17)7-16-6-9(5-11-2)14-15-16/h6,8,11H,3-5,7H2,1-2H3. The highest BCUT2D eigenvalue weighted by Crippen LogP contribution is 2.00. The Balaban J connectivity index is 2.05. The summed E-state index contributed by atoms with van der Waals surface area (Å²) in [4.78, 5) is 4.23. The largest absolute Gasteiger partial charge is 0.314 e. The van der Waals surface area contributed by atoms with Gasteiger partial charge in [-0.1, -0.05) is 12.1 Å². The van der Waals surface area contributed by atoms with Crippen LogP contribution in [0.15, 0.2) is 12.5 Å². The second-order valence-corrected chi connectivity index (χ2v) is 3.84. The molecule has 0 aliphatic heterocycles. The highest BCUT2D eigenvalue weighted by atomic mass is 15.4. The zero-order valence-corrected chi connectivity index (χ0v) is 10.2. The van der Waals surface area contributed by atoms with Gasteiger partial charge in [-0.3, -0.25) is 0 Å². The lowest BCUT2D eigenvalue weighted by Gasteiger charge is -2.03. The van der Waals surface area contributed by atoms with Crippen LogP contribution in [0.4, 0.5) is 0 Å². The maximum Gasteiger partial charge on any atom is 0.148 e. The smallest absolute Gasteiger partial charge is 0.148 e. The van der Waals surface area contributed by atoms with Crippen molar-refractivity contribution >= 4 is 0 Å². The van der Waals surface area contributed by atoms with Crippen LogP contribution < -0.4 is 5.32 Å². The fourth-order valence-electron chi connectivity index (χ4n) is 1.63. The van der Waals surface area contributed by atoms with Crippen molar-refractivity contribution in [2.24, 2.45) is 0 Å². The fourth-order valence-corrected chi connectivity index (χ4v) is 1.63. The van der Waals surface area contributed by atoms with Crippen molar-refractivity contribution in [3.05, 3.63) is 24.0 Å². The van der Waals surface area contributed by atoms with Crippen LogP contribution in [0.1, 0.15) is 24.9 Å². The van der Waals surface area contributed by atoms with E-state index in [9.17, 15) is 0 Å². The van der Waals surface area contributed by atoms with Gasteiger partial charge < -0.3 is 5.32 Å². The quantitative estimate of drug-likeness (QED) is 0.765. The van der Waals surface area contributed by atoms with E-state index < -0.39 is 0 Å². The highest BCUT2D eigenvalue weighted by molar-refractivity contribution is 4.94. The van der Waals surface area contributed by atoms with Crippen LogP contribution in [0.25, 0.3) is 0 Å². The molecule has 92 valence electrons. The first-order valence-electron chi connectivity index (χ1n) is 5.73. The van der Waals surface area contributed by atoms with Crippen molar-refractivity contribution in [2.45, 2.75) is 33.0 Å². The number of hydrogen-bond acceptors (Lipinski definition) is 5. The molecular formula is C10H17N7. The minimum absolute atomic E-state index is 0.608. The average molecular weight is 235 g/mol. The Labute approximate surface area is 99.9 Å². The predicted molar refractivity (Wildman–Crippen MR) is 62.2 cm³/mol. The molecule has 0 aliphatic rings. The third kappa shape index (κ3) is 2.88. The summed E-state index contributed by atoms with van der Waals surface area (Å²) in [6.45, 7) is 4.33. The van der Waals surface area contributed by atoms with Crippen LogP contribution in [0.2, 0.25) is 0 Å². The molecule has 0 bridgehead atoms. The van der Waals surface area contributed by atoms with Crippen molar-refractivity contribution in [1.29, 1.82) is 0 Å². The Morgan fingerprint density at radius 3 is 3.06 bits per heavy atom. The first-order chi connectivity index (χ1) is 8.33. The summed E-state index contributed by atoms with van der Waals surface area (Å²) in [5.74, 6) is 0.910. The van der Waals surface area contributed by atoms with Gasteiger partial charge >= 0.3 is 0 Å². The summed E-state index contributed by atoms with van der Waals surface area (Å²) < 4.78 is 3.68. The summed E-state index contributed by atoms with van der Waals surface area (Å²) in [5, 5.41) is 15.3. The molecule has 2 rings (SSSR count). The third-order valence-electron chi connectivity index (χ3n) is 2.38. The summed E-state index contributed by atoms with van der Waals surface area (Å²) in [5.41, 5.74) is 0.925. The minimum Gasteiger partial charge on any atom is -0.314 e. The van der Waals surface area contributed by atoms with E-state index in [2.05, 4.69) is 32.6 Å². The summed E-state index contributed by atoms with van der Waals surface area (Å²) >= 11 is 0. The van der Waals surface area contributed by atoms with E-state index in [0.29, 0.717) is 6.54 Å². The molecule has 0 saturated carbocycles. The monoisotopic (exact) mass is 235 g/mol. The molecule has 0 fully saturated rings. The summed E-state index contributed by atoms with van der Waals surface area (Å²) in [6, 6.07) is 0. The SMILES string of the molecule is CCCn1ncnc1Cn1cc(CNC)nn1. The Morgan fingerprint density at radius 2 is 2.29 bits per heavy atom. The van der Waals surface area contributed by atoms with Crippen LogP contribution >= 0.6 is 0 Å². The van der Waals surface area contributed by atoms with Gasteiger partial charge in [0.25, 0.3) is 0 Å². The molecule has 0 spiro atoms. The van der Waals surface area contributed by atoms with Crippen LogP contribution in [-0.4, -0.2) is 36.8 Å². The molecule has 2 aromatic heterocycles. The minimum atomic E-state index is 0.608. The zero-order chi connectivity index (χ0) is 12.1. The second kappa shape index (κ2) is 5.53. The Bertz CT molecular complexity index is 459. The second-order valence-electron chi connectivity index (χ2n) is 3.84. The van der Waals surface area contributed by atoms with Crippen LogP contribution in [0.5, 0.6) is 0 Å². The lowest BCUT2D eigenvalue weighted by atomic mass is 10.4. The van der Waals surface area contributed by atoms with E-state index in [1.807, 2.05) is 17.9 Å². The molecule has 1 N–H and O–H groups in total. The molecular weight excluding hydrogens is 218 g/mol. The lowest BCUT2D eigenvalue weighted by molar-refractivity contribution is 0.532. The van der Waals surface area contributed by atoms with Crippen LogP contribution in [0, 0.1) is 0 Å². The van der Waals surface area contributed by atoms with Gasteiger partial charge in [0.1, 0.15) is 18.7 Å². The van der Waals surface area contributed by atoms with Gasteiger partial charge in [-0.15, -0.1) is 5.10 Å². The van der Waals surface area contributed by atoms with E-state index in [0.717, 1.165) is 31.0 Å². The van der Waals surface area contributed by atoms with Gasteiger partial charge in [0.15, 0.2) is 0 Å². The van der Waals surface area contributed by atoms with E-state index >= 15 is 0 Å². The topological polar surface area (TPSA) is 73.5 Å². The van der Waals surface area contributed by atoms with Crippen molar-refractivity contribution in [1.82, 2.24) is 35.1 Å². The first-order valence-corrected chi connectivity index (χ1v) is 5.73. The molecule has 17 heavy (non-hydrogen) atoms. The number of hydrogen-bond donors (Lipinski definition) is 1. The van der Waals surface area contributed by atoms with Gasteiger partial charge in [0, 0.05) is 13.1 Å². The fraction of sp³-hybridized carbons (Fsp3) is 0.600. The molecule has 0 amide bonds. The molecule has 0 saturated heterocycles. The zero-order valence-electron chi connectivity index (χ0n) is 10.2. The normalized spacial score (nSPS) is 10.9. The molecule has 0 aromatic carbocycles. The number of rotatable bonds is 6. The molecule has 0 unspecified atom stereocenters. The van der Waals surface area contributed by atoms with E-state index in [4.69, 9.17) is 0 Å². The molecule has 7 nitrogen and oxygen atoms in total. The van der Waals surface area contributed by atoms with Gasteiger partial charge in [-0.2, -0.15) is 5.10 Å². The van der Waals surface area contributed by atoms with Crippen LogP contribution in [-0.2, 0) is 19.6 Å². The Morgan fingerprint density at radius 1 is 1.41 bits per heavy atom. The number of nitrogens with one attached hydrogen (secondary N) is 1. The van der Waals surface area contributed by atoms with E-state index in [1.54, 1.807) is 11.0 Å². The molecule has 2 heterocycles. The molecule has 0 radical (unpaired) electrons. The van der Waals surface area contributed by atoms with Gasteiger partial charge in [-0.05, 0) is 13.5 Å². The maximum atomic E-state index is 4.23. The molecule has 7 heteroatoms. The number of aryl methyl sites for hydroxylation is 1.